The van der Waals surface area contributed by atoms with E-state index in [1.54, 1.807) is 0 Å². The molecular formula is C16H21N3O2S. The molecule has 3 rings (SSSR count). The zero-order valence-electron chi connectivity index (χ0n) is 12.7. The fraction of sp³-hybridized carbons (Fsp3) is 0.562. The number of hydrogen-bond acceptors (Lipinski definition) is 4. The van der Waals surface area contributed by atoms with Gasteiger partial charge in [-0.3, -0.25) is 4.90 Å². The number of nitriles is 1. The van der Waals surface area contributed by atoms with Crippen LogP contribution in [0.2, 0.25) is 0 Å². The number of benzene rings is 1. The van der Waals surface area contributed by atoms with Crippen molar-refractivity contribution in [3.8, 4) is 6.07 Å². The fourth-order valence-corrected chi connectivity index (χ4v) is 4.64. The lowest BCUT2D eigenvalue weighted by Crippen LogP contribution is -2.51. The summed E-state index contributed by atoms with van der Waals surface area (Å²) in [6.07, 6.45) is 4.23. The fourth-order valence-electron chi connectivity index (χ4n) is 3.87. The molecule has 1 aromatic rings. The molecule has 0 radical (unpaired) electrons. The summed E-state index contributed by atoms with van der Waals surface area (Å²) in [6, 6.07) is 10.0. The second-order valence-corrected chi connectivity index (χ2v) is 8.55. The highest BCUT2D eigenvalue weighted by Gasteiger charge is 2.48. The van der Waals surface area contributed by atoms with Gasteiger partial charge in [-0.15, -0.1) is 0 Å². The van der Waals surface area contributed by atoms with Gasteiger partial charge in [-0.05, 0) is 48.9 Å². The lowest BCUT2D eigenvalue weighted by molar-refractivity contribution is 0.101. The molecule has 1 aromatic carbocycles. The molecule has 2 aliphatic rings. The van der Waals surface area contributed by atoms with E-state index in [1.165, 1.54) is 11.8 Å². The van der Waals surface area contributed by atoms with Crippen molar-refractivity contribution in [3.05, 3.63) is 35.4 Å². The van der Waals surface area contributed by atoms with Crippen molar-refractivity contribution in [2.45, 2.75) is 31.8 Å². The Morgan fingerprint density at radius 3 is 2.91 bits per heavy atom. The van der Waals surface area contributed by atoms with Gasteiger partial charge in [-0.1, -0.05) is 12.1 Å². The molecule has 5 nitrogen and oxygen atoms in total. The standard InChI is InChI=1S/C16H21N3O2S/c1-22(20,21)18-15-8-16(9-15)5-6-19(12-16)11-14-4-2-3-13(7-14)10-17/h2-4,7,15,18H,5-6,8-9,11-12H2,1H3. The number of rotatable bonds is 4. The lowest BCUT2D eigenvalue weighted by atomic mass is 9.65. The average Bonchev–Trinajstić information content (AvgIpc) is 2.81. The Morgan fingerprint density at radius 2 is 2.23 bits per heavy atom. The second-order valence-electron chi connectivity index (χ2n) is 6.77. The highest BCUT2D eigenvalue weighted by atomic mass is 32.2. The van der Waals surface area contributed by atoms with Crippen LogP contribution in [0, 0.1) is 16.7 Å². The van der Waals surface area contributed by atoms with E-state index in [4.69, 9.17) is 5.26 Å². The van der Waals surface area contributed by atoms with Gasteiger partial charge in [0.05, 0.1) is 17.9 Å². The van der Waals surface area contributed by atoms with Gasteiger partial charge in [0.2, 0.25) is 10.0 Å². The monoisotopic (exact) mass is 319 g/mol. The highest BCUT2D eigenvalue weighted by Crippen LogP contribution is 2.48. The maximum atomic E-state index is 11.3. The topological polar surface area (TPSA) is 73.2 Å². The number of sulfonamides is 1. The number of nitrogens with zero attached hydrogens (tertiary/aromatic N) is 2. The van der Waals surface area contributed by atoms with Gasteiger partial charge in [0.15, 0.2) is 0 Å². The summed E-state index contributed by atoms with van der Waals surface area (Å²) in [6.45, 7) is 2.93. The van der Waals surface area contributed by atoms with Gasteiger partial charge in [-0.25, -0.2) is 13.1 Å². The van der Waals surface area contributed by atoms with Gasteiger partial charge in [0.25, 0.3) is 0 Å². The minimum atomic E-state index is -3.09. The Hall–Kier alpha value is -1.42. The van der Waals surface area contributed by atoms with Crippen molar-refractivity contribution in [3.63, 3.8) is 0 Å². The van der Waals surface area contributed by atoms with Crippen molar-refractivity contribution in [1.29, 1.82) is 5.26 Å². The first kappa shape index (κ1) is 15.5. The first-order chi connectivity index (χ1) is 10.4. The Balaban J connectivity index is 1.54. The number of hydrogen-bond donors (Lipinski definition) is 1. The summed E-state index contributed by atoms with van der Waals surface area (Å²) < 4.78 is 25.2. The van der Waals surface area contributed by atoms with Crippen molar-refractivity contribution in [2.75, 3.05) is 19.3 Å². The van der Waals surface area contributed by atoms with Gasteiger partial charge in [-0.2, -0.15) is 5.26 Å². The van der Waals surface area contributed by atoms with Crippen LogP contribution in [-0.2, 0) is 16.6 Å². The Kier molecular flexibility index (Phi) is 3.98. The Labute approximate surface area is 132 Å². The Morgan fingerprint density at radius 1 is 1.45 bits per heavy atom. The third kappa shape index (κ3) is 3.49. The summed E-state index contributed by atoms with van der Waals surface area (Å²) in [4.78, 5) is 2.41. The van der Waals surface area contributed by atoms with E-state index in [0.717, 1.165) is 38.9 Å². The molecule has 1 aliphatic heterocycles. The molecule has 22 heavy (non-hydrogen) atoms. The zero-order chi connectivity index (χ0) is 15.8. The normalized spacial score (nSPS) is 28.5. The molecule has 1 aliphatic carbocycles. The largest absolute Gasteiger partial charge is 0.299 e. The molecule has 6 heteroatoms. The zero-order valence-corrected chi connectivity index (χ0v) is 13.6. The van der Waals surface area contributed by atoms with E-state index in [1.807, 2.05) is 18.2 Å². The maximum absolute atomic E-state index is 11.3. The molecule has 2 fully saturated rings. The molecule has 0 aromatic heterocycles. The summed E-state index contributed by atoms with van der Waals surface area (Å²) in [7, 11) is -3.09. The van der Waals surface area contributed by atoms with Crippen LogP contribution in [0.1, 0.15) is 30.4 Å². The molecule has 0 amide bonds. The van der Waals surface area contributed by atoms with Crippen LogP contribution in [0.4, 0.5) is 0 Å². The lowest BCUT2D eigenvalue weighted by Gasteiger charge is -2.45. The smallest absolute Gasteiger partial charge is 0.208 e. The van der Waals surface area contributed by atoms with Gasteiger partial charge in [0.1, 0.15) is 0 Å². The van der Waals surface area contributed by atoms with E-state index in [2.05, 4.69) is 21.8 Å². The van der Waals surface area contributed by atoms with E-state index in [9.17, 15) is 8.42 Å². The van der Waals surface area contributed by atoms with E-state index < -0.39 is 10.0 Å². The van der Waals surface area contributed by atoms with Gasteiger partial charge < -0.3 is 0 Å². The Bertz CT molecular complexity index is 702. The van der Waals surface area contributed by atoms with Crippen LogP contribution in [0.3, 0.4) is 0 Å². The summed E-state index contributed by atoms with van der Waals surface area (Å²) in [5, 5.41) is 8.96. The average molecular weight is 319 g/mol. The molecule has 0 unspecified atom stereocenters. The van der Waals surface area contributed by atoms with E-state index >= 15 is 0 Å². The first-order valence-electron chi connectivity index (χ1n) is 7.56. The van der Waals surface area contributed by atoms with Crippen LogP contribution in [0.25, 0.3) is 0 Å². The molecule has 1 saturated carbocycles. The molecule has 118 valence electrons. The van der Waals surface area contributed by atoms with Crippen LogP contribution < -0.4 is 4.72 Å². The first-order valence-corrected chi connectivity index (χ1v) is 9.45. The van der Waals surface area contributed by atoms with E-state index in [-0.39, 0.29) is 11.5 Å². The van der Waals surface area contributed by atoms with Crippen molar-refractivity contribution in [2.24, 2.45) is 5.41 Å². The van der Waals surface area contributed by atoms with Gasteiger partial charge in [0, 0.05) is 19.1 Å². The summed E-state index contributed by atoms with van der Waals surface area (Å²) >= 11 is 0. The third-order valence-corrected chi connectivity index (χ3v) is 5.48. The minimum absolute atomic E-state index is 0.108. The molecular weight excluding hydrogens is 298 g/mol. The SMILES string of the molecule is CS(=O)(=O)NC1CC2(CCN(Cc3cccc(C#N)c3)C2)C1. The predicted octanol–water partition coefficient (Wildman–Crippen LogP) is 1.46. The van der Waals surface area contributed by atoms with Crippen molar-refractivity contribution >= 4 is 10.0 Å². The predicted molar refractivity (Wildman–Crippen MR) is 84.5 cm³/mol. The summed E-state index contributed by atoms with van der Waals surface area (Å²) in [5.41, 5.74) is 2.16. The highest BCUT2D eigenvalue weighted by molar-refractivity contribution is 7.88. The number of nitrogens with one attached hydrogen (secondary N) is 1. The van der Waals surface area contributed by atoms with Crippen LogP contribution in [0.5, 0.6) is 0 Å². The minimum Gasteiger partial charge on any atom is -0.299 e. The molecule has 1 saturated heterocycles. The van der Waals surface area contributed by atoms with Crippen LogP contribution in [-0.4, -0.2) is 38.7 Å². The van der Waals surface area contributed by atoms with Crippen LogP contribution >= 0.6 is 0 Å². The summed E-state index contributed by atoms with van der Waals surface area (Å²) in [5.74, 6) is 0. The molecule has 1 N–H and O–H groups in total. The third-order valence-electron chi connectivity index (χ3n) is 4.72. The quantitative estimate of drug-likeness (QED) is 0.912. The van der Waals surface area contributed by atoms with Gasteiger partial charge >= 0.3 is 0 Å². The number of likely N-dealkylation sites (tertiary alicyclic amines) is 1. The molecule has 0 atom stereocenters. The van der Waals surface area contributed by atoms with Crippen molar-refractivity contribution < 1.29 is 8.42 Å². The maximum Gasteiger partial charge on any atom is 0.208 e. The molecule has 1 spiro atoms. The van der Waals surface area contributed by atoms with E-state index in [0.29, 0.717) is 5.56 Å². The second kappa shape index (κ2) is 5.65. The van der Waals surface area contributed by atoms with Crippen LogP contribution in [0.15, 0.2) is 24.3 Å². The molecule has 1 heterocycles. The van der Waals surface area contributed by atoms with Crippen molar-refractivity contribution in [1.82, 2.24) is 9.62 Å². The molecule has 0 bridgehead atoms.